The fourth-order valence-electron chi connectivity index (χ4n) is 3.86. The van der Waals surface area contributed by atoms with Crippen molar-refractivity contribution < 1.29 is 27.6 Å². The summed E-state index contributed by atoms with van der Waals surface area (Å²) in [7, 11) is -2.74. The van der Waals surface area contributed by atoms with Gasteiger partial charge in [-0.1, -0.05) is 47.5 Å². The van der Waals surface area contributed by atoms with Crippen molar-refractivity contribution in [3.63, 3.8) is 0 Å². The quantitative estimate of drug-likeness (QED) is 0.0988. The molecule has 228 valence electrons. The van der Waals surface area contributed by atoms with E-state index in [0.29, 0.717) is 31.6 Å². The summed E-state index contributed by atoms with van der Waals surface area (Å²) in [6.07, 6.45) is 1.34. The number of non-ortho nitro benzene ring substituents is 1. The van der Waals surface area contributed by atoms with Crippen molar-refractivity contribution in [2.24, 2.45) is 5.10 Å². The van der Waals surface area contributed by atoms with Crippen LogP contribution in [0.4, 0.5) is 11.4 Å². The number of nitrogens with one attached hydrogen (secondary N) is 1. The first-order chi connectivity index (χ1) is 21.0. The molecule has 15 heteroatoms. The van der Waals surface area contributed by atoms with Gasteiger partial charge in [0.15, 0.2) is 11.5 Å². The number of rotatable bonds is 12. The minimum atomic E-state index is -4.21. The van der Waals surface area contributed by atoms with Gasteiger partial charge >= 0.3 is 0 Å². The zero-order valence-corrected chi connectivity index (χ0v) is 26.7. The highest BCUT2D eigenvalue weighted by molar-refractivity contribution is 9.10. The minimum Gasteiger partial charge on any atom is -0.493 e. The third-order valence-electron chi connectivity index (χ3n) is 5.99. The number of carbonyl (C=O) groups excluding carboxylic acids is 1. The molecule has 4 rings (SSSR count). The molecule has 0 unspecified atom stereocenters. The number of benzene rings is 4. The topological polar surface area (TPSA) is 140 Å². The maximum Gasteiger partial charge on any atom is 0.269 e. The summed E-state index contributed by atoms with van der Waals surface area (Å²) in [6.45, 7) is -0.465. The SMILES string of the molecule is COc1cc(/C=N\NC(=O)CN(c2ccc([N+](=O)[O-])cc2)S(=O)(=O)c2ccccc2)cc(Br)c1OCc1ccc(Cl)c(Cl)c1. The number of nitrogens with zero attached hydrogens (tertiary/aromatic N) is 3. The average Bonchev–Trinajstić information content (AvgIpc) is 3.01. The number of carbonyl (C=O) groups is 1. The number of methoxy groups -OCH3 is 1. The van der Waals surface area contributed by atoms with Crippen LogP contribution in [0.5, 0.6) is 11.5 Å². The number of hydrazone groups is 1. The Morgan fingerprint density at radius 3 is 2.39 bits per heavy atom. The molecule has 0 fully saturated rings. The summed E-state index contributed by atoms with van der Waals surface area (Å²) in [5.74, 6) is 0.0434. The van der Waals surface area contributed by atoms with Gasteiger partial charge in [-0.05, 0) is 75.6 Å². The Morgan fingerprint density at radius 1 is 1.05 bits per heavy atom. The van der Waals surface area contributed by atoms with Crippen LogP contribution in [-0.2, 0) is 21.4 Å². The number of hydrogen-bond donors (Lipinski definition) is 1. The van der Waals surface area contributed by atoms with Crippen LogP contribution in [0.2, 0.25) is 10.0 Å². The molecule has 1 amide bonds. The third-order valence-corrected chi connectivity index (χ3v) is 9.10. The molecule has 0 aromatic heterocycles. The van der Waals surface area contributed by atoms with E-state index >= 15 is 0 Å². The molecule has 0 aliphatic carbocycles. The highest BCUT2D eigenvalue weighted by Gasteiger charge is 2.27. The lowest BCUT2D eigenvalue weighted by atomic mass is 10.2. The van der Waals surface area contributed by atoms with Gasteiger partial charge in [-0.15, -0.1) is 0 Å². The highest BCUT2D eigenvalue weighted by Crippen LogP contribution is 2.37. The monoisotopic (exact) mass is 720 g/mol. The zero-order valence-electron chi connectivity index (χ0n) is 22.8. The van der Waals surface area contributed by atoms with Crippen LogP contribution in [0.3, 0.4) is 0 Å². The van der Waals surface area contributed by atoms with Gasteiger partial charge in [0.25, 0.3) is 21.6 Å². The molecular formula is C29H23BrCl2N4O7S. The zero-order chi connectivity index (χ0) is 31.9. The van der Waals surface area contributed by atoms with Gasteiger partial charge in [0, 0.05) is 12.1 Å². The number of nitro groups is 1. The van der Waals surface area contributed by atoms with Crippen LogP contribution < -0.4 is 19.2 Å². The Hall–Kier alpha value is -4.17. The minimum absolute atomic E-state index is 0.0590. The molecule has 0 aliphatic heterocycles. The van der Waals surface area contributed by atoms with Crippen molar-refractivity contribution in [3.05, 3.63) is 121 Å². The van der Waals surface area contributed by atoms with Crippen molar-refractivity contribution in [2.45, 2.75) is 11.5 Å². The van der Waals surface area contributed by atoms with Crippen LogP contribution in [0.15, 0.2) is 99.4 Å². The summed E-state index contributed by atoms with van der Waals surface area (Å²) < 4.78 is 39.6. The lowest BCUT2D eigenvalue weighted by molar-refractivity contribution is -0.384. The second-order valence-electron chi connectivity index (χ2n) is 8.96. The predicted molar refractivity (Wildman–Crippen MR) is 171 cm³/mol. The molecule has 11 nitrogen and oxygen atoms in total. The highest BCUT2D eigenvalue weighted by atomic mass is 79.9. The molecule has 4 aromatic carbocycles. The van der Waals surface area contributed by atoms with Crippen LogP contribution in [-0.4, -0.2) is 39.1 Å². The van der Waals surface area contributed by atoms with Gasteiger partial charge in [-0.25, -0.2) is 13.8 Å². The van der Waals surface area contributed by atoms with Crippen LogP contribution in [0, 0.1) is 10.1 Å². The van der Waals surface area contributed by atoms with Crippen molar-refractivity contribution in [2.75, 3.05) is 18.0 Å². The Bertz CT molecular complexity index is 1810. The van der Waals surface area contributed by atoms with Crippen molar-refractivity contribution >= 4 is 72.7 Å². The predicted octanol–water partition coefficient (Wildman–Crippen LogP) is 6.60. The van der Waals surface area contributed by atoms with Crippen molar-refractivity contribution in [1.82, 2.24) is 5.43 Å². The van der Waals surface area contributed by atoms with Gasteiger partial charge in [-0.2, -0.15) is 5.10 Å². The molecule has 44 heavy (non-hydrogen) atoms. The largest absolute Gasteiger partial charge is 0.493 e. The Labute approximate surface area is 271 Å². The molecular weight excluding hydrogens is 699 g/mol. The van der Waals surface area contributed by atoms with E-state index in [4.69, 9.17) is 32.7 Å². The lowest BCUT2D eigenvalue weighted by Gasteiger charge is -2.23. The van der Waals surface area contributed by atoms with E-state index in [9.17, 15) is 23.3 Å². The number of anilines is 1. The molecule has 0 bridgehead atoms. The molecule has 0 heterocycles. The van der Waals surface area contributed by atoms with Gasteiger partial charge in [-0.3, -0.25) is 19.2 Å². The van der Waals surface area contributed by atoms with Gasteiger partial charge < -0.3 is 9.47 Å². The van der Waals surface area contributed by atoms with Crippen LogP contribution in [0.1, 0.15) is 11.1 Å². The molecule has 1 N–H and O–H groups in total. The first kappa shape index (κ1) is 32.7. The van der Waals surface area contributed by atoms with Gasteiger partial charge in [0.2, 0.25) is 0 Å². The number of nitro benzene ring substituents is 1. The fraction of sp³-hybridized carbons (Fsp3) is 0.103. The number of halogens is 3. The number of ether oxygens (including phenoxy) is 2. The fourth-order valence-corrected chi connectivity index (χ4v) is 6.20. The second-order valence-corrected chi connectivity index (χ2v) is 12.5. The summed E-state index contributed by atoms with van der Waals surface area (Å²) in [5.41, 5.74) is 3.47. The summed E-state index contributed by atoms with van der Waals surface area (Å²) in [5, 5.41) is 15.9. The van der Waals surface area contributed by atoms with E-state index in [0.717, 1.165) is 22.0 Å². The first-order valence-electron chi connectivity index (χ1n) is 12.6. The van der Waals surface area contributed by atoms with E-state index in [-0.39, 0.29) is 22.9 Å². The molecule has 0 aliphatic rings. The molecule has 0 radical (unpaired) electrons. The molecule has 0 spiro atoms. The Balaban J connectivity index is 1.49. The number of sulfonamides is 1. The van der Waals surface area contributed by atoms with E-state index < -0.39 is 27.4 Å². The van der Waals surface area contributed by atoms with Crippen LogP contribution in [0.25, 0.3) is 0 Å². The lowest BCUT2D eigenvalue weighted by Crippen LogP contribution is -2.39. The Morgan fingerprint density at radius 2 is 1.75 bits per heavy atom. The molecule has 0 saturated heterocycles. The van der Waals surface area contributed by atoms with Gasteiger partial charge in [0.05, 0.1) is 43.3 Å². The van der Waals surface area contributed by atoms with Gasteiger partial charge in [0.1, 0.15) is 13.2 Å². The van der Waals surface area contributed by atoms with E-state index in [1.165, 1.54) is 37.6 Å². The second kappa shape index (κ2) is 14.5. The van der Waals surface area contributed by atoms with Crippen molar-refractivity contribution in [1.29, 1.82) is 0 Å². The average molecular weight is 722 g/mol. The first-order valence-corrected chi connectivity index (χ1v) is 15.6. The van der Waals surface area contributed by atoms with E-state index in [1.54, 1.807) is 48.5 Å². The standard InChI is InChI=1S/C29H23BrCl2N4O7S/c1-42-27-15-20(13-24(30)29(27)43-18-19-7-12-25(31)26(32)14-19)16-33-34-28(37)17-35(21-8-10-22(11-9-21)36(38)39)44(40,41)23-5-3-2-4-6-23/h2-16H,17-18H2,1H3,(H,34,37)/b33-16-. The third kappa shape index (κ3) is 8.05. The van der Waals surface area contributed by atoms with Crippen LogP contribution >= 0.6 is 39.1 Å². The normalized spacial score (nSPS) is 11.3. The summed E-state index contributed by atoms with van der Waals surface area (Å²) >= 11 is 15.5. The summed E-state index contributed by atoms with van der Waals surface area (Å²) in [4.78, 5) is 23.3. The maximum absolute atomic E-state index is 13.4. The molecule has 4 aromatic rings. The number of amides is 1. The summed E-state index contributed by atoms with van der Waals surface area (Å²) in [6, 6.07) is 20.8. The molecule has 0 atom stereocenters. The smallest absolute Gasteiger partial charge is 0.269 e. The Kier molecular flexibility index (Phi) is 10.8. The van der Waals surface area contributed by atoms with E-state index in [2.05, 4.69) is 26.5 Å². The number of hydrogen-bond acceptors (Lipinski definition) is 8. The van der Waals surface area contributed by atoms with E-state index in [1.807, 2.05) is 0 Å². The van der Waals surface area contributed by atoms with Crippen molar-refractivity contribution in [3.8, 4) is 11.5 Å². The molecule has 0 saturated carbocycles. The maximum atomic E-state index is 13.4.